The van der Waals surface area contributed by atoms with E-state index in [-0.39, 0.29) is 12.1 Å². The molecule has 2 aliphatic rings. The van der Waals surface area contributed by atoms with Crippen LogP contribution in [-0.2, 0) is 0 Å². The quantitative estimate of drug-likeness (QED) is 0.718. The summed E-state index contributed by atoms with van der Waals surface area (Å²) in [5.74, 6) is 1.71. The number of ether oxygens (including phenoxy) is 2. The number of rotatable bonds is 7. The molecule has 4 rings (SSSR count). The Labute approximate surface area is 190 Å². The number of nitrogens with zero attached hydrogens (tertiary/aromatic N) is 3. The Balaban J connectivity index is 1.32. The molecule has 0 saturated carbocycles. The van der Waals surface area contributed by atoms with E-state index in [1.165, 1.54) is 24.1 Å². The Hall–Kier alpha value is -2.93. The Bertz CT molecular complexity index is 858. The van der Waals surface area contributed by atoms with E-state index in [2.05, 4.69) is 39.4 Å². The first-order valence-electron chi connectivity index (χ1n) is 11.5. The highest BCUT2D eigenvalue weighted by molar-refractivity contribution is 5.74. The zero-order valence-corrected chi connectivity index (χ0v) is 19.1. The van der Waals surface area contributed by atoms with Gasteiger partial charge in [-0.15, -0.1) is 0 Å². The van der Waals surface area contributed by atoms with Gasteiger partial charge in [0.05, 0.1) is 20.3 Å². The van der Waals surface area contributed by atoms with Crippen molar-refractivity contribution in [1.29, 1.82) is 0 Å². The van der Waals surface area contributed by atoms with Gasteiger partial charge in [-0.05, 0) is 67.9 Å². The number of hydrogen-bond donors (Lipinski definition) is 1. The summed E-state index contributed by atoms with van der Waals surface area (Å²) in [6.45, 7) is 5.86. The first-order chi connectivity index (χ1) is 15.7. The molecule has 32 heavy (non-hydrogen) atoms. The van der Waals surface area contributed by atoms with Gasteiger partial charge in [-0.3, -0.25) is 4.90 Å². The maximum absolute atomic E-state index is 12.9. The van der Waals surface area contributed by atoms with E-state index in [0.717, 1.165) is 50.8 Å². The van der Waals surface area contributed by atoms with Crippen molar-refractivity contribution in [2.24, 2.45) is 0 Å². The maximum atomic E-state index is 12.9. The zero-order valence-electron chi connectivity index (χ0n) is 19.1. The van der Waals surface area contributed by atoms with Crippen molar-refractivity contribution < 1.29 is 14.3 Å². The van der Waals surface area contributed by atoms with Gasteiger partial charge in [0.2, 0.25) is 0 Å². The molecule has 0 bridgehead atoms. The van der Waals surface area contributed by atoms with Crippen LogP contribution in [0.4, 0.5) is 10.5 Å². The second-order valence-electron chi connectivity index (χ2n) is 8.39. The van der Waals surface area contributed by atoms with Crippen molar-refractivity contribution in [3.05, 3.63) is 54.1 Å². The van der Waals surface area contributed by atoms with E-state index in [0.29, 0.717) is 6.54 Å². The first-order valence-corrected chi connectivity index (χ1v) is 11.5. The largest absolute Gasteiger partial charge is 0.497 e. The molecule has 2 heterocycles. The molecule has 2 saturated heterocycles. The smallest absolute Gasteiger partial charge is 0.317 e. The molecule has 7 nitrogen and oxygen atoms in total. The third-order valence-corrected chi connectivity index (χ3v) is 6.53. The number of carbonyl (C=O) groups excluding carboxylic acids is 1. The summed E-state index contributed by atoms with van der Waals surface area (Å²) >= 11 is 0. The van der Waals surface area contributed by atoms with E-state index in [4.69, 9.17) is 9.47 Å². The molecule has 172 valence electrons. The Morgan fingerprint density at radius 2 is 1.41 bits per heavy atom. The summed E-state index contributed by atoms with van der Waals surface area (Å²) in [5.41, 5.74) is 2.39. The highest BCUT2D eigenvalue weighted by atomic mass is 16.5. The van der Waals surface area contributed by atoms with Gasteiger partial charge in [0.15, 0.2) is 0 Å². The standard InChI is InChI=1S/C25H34N4O3/c1-31-22-9-5-20(6-10-22)24(28-13-3-4-14-28)19-26-25(30)29-17-15-27(16-18-29)21-7-11-23(32-2)12-8-21/h5-12,24H,3-4,13-19H2,1-2H3,(H,26,30)/t24-/m1/s1. The lowest BCUT2D eigenvalue weighted by Crippen LogP contribution is -2.52. The fourth-order valence-corrected chi connectivity index (χ4v) is 4.59. The molecule has 2 fully saturated rings. The number of piperazine rings is 1. The van der Waals surface area contributed by atoms with Crippen molar-refractivity contribution in [2.45, 2.75) is 18.9 Å². The van der Waals surface area contributed by atoms with Crippen molar-refractivity contribution in [1.82, 2.24) is 15.1 Å². The van der Waals surface area contributed by atoms with E-state index < -0.39 is 0 Å². The van der Waals surface area contributed by atoms with Crippen LogP contribution in [0.1, 0.15) is 24.4 Å². The Morgan fingerprint density at radius 1 is 0.844 bits per heavy atom. The van der Waals surface area contributed by atoms with E-state index in [9.17, 15) is 4.79 Å². The number of amides is 2. The highest BCUT2D eigenvalue weighted by Gasteiger charge is 2.26. The van der Waals surface area contributed by atoms with Gasteiger partial charge in [0.25, 0.3) is 0 Å². The maximum Gasteiger partial charge on any atom is 0.317 e. The average Bonchev–Trinajstić information content (AvgIpc) is 3.39. The summed E-state index contributed by atoms with van der Waals surface area (Å²) in [7, 11) is 3.36. The van der Waals surface area contributed by atoms with Crippen molar-refractivity contribution in [3.8, 4) is 11.5 Å². The highest BCUT2D eigenvalue weighted by Crippen LogP contribution is 2.26. The third kappa shape index (κ3) is 5.27. The number of methoxy groups -OCH3 is 2. The van der Waals surface area contributed by atoms with Crippen LogP contribution in [0, 0.1) is 0 Å². The number of carbonyl (C=O) groups is 1. The minimum Gasteiger partial charge on any atom is -0.497 e. The van der Waals surface area contributed by atoms with Gasteiger partial charge in [-0.1, -0.05) is 12.1 Å². The van der Waals surface area contributed by atoms with Gasteiger partial charge < -0.3 is 24.6 Å². The third-order valence-electron chi connectivity index (χ3n) is 6.53. The minimum absolute atomic E-state index is 0.0251. The minimum atomic E-state index is 0.0251. The number of anilines is 1. The SMILES string of the molecule is COc1ccc([C@@H](CNC(=O)N2CCN(c3ccc(OC)cc3)CC2)N2CCCC2)cc1. The number of hydrogen-bond acceptors (Lipinski definition) is 5. The number of nitrogens with one attached hydrogen (secondary N) is 1. The van der Waals surface area contributed by atoms with Crippen LogP contribution in [-0.4, -0.2) is 75.9 Å². The molecule has 2 aromatic carbocycles. The summed E-state index contributed by atoms with van der Waals surface area (Å²) < 4.78 is 10.5. The predicted octanol–water partition coefficient (Wildman–Crippen LogP) is 3.37. The molecular formula is C25H34N4O3. The monoisotopic (exact) mass is 438 g/mol. The number of likely N-dealkylation sites (tertiary alicyclic amines) is 1. The molecule has 0 radical (unpaired) electrons. The topological polar surface area (TPSA) is 57.3 Å². The average molecular weight is 439 g/mol. The van der Waals surface area contributed by atoms with Crippen LogP contribution in [0.2, 0.25) is 0 Å². The lowest BCUT2D eigenvalue weighted by atomic mass is 10.1. The molecule has 0 unspecified atom stereocenters. The molecule has 0 aromatic heterocycles. The summed E-state index contributed by atoms with van der Waals surface area (Å²) in [6.07, 6.45) is 2.43. The van der Waals surface area contributed by atoms with Crippen molar-refractivity contribution in [2.75, 3.05) is 64.9 Å². The van der Waals surface area contributed by atoms with Gasteiger partial charge in [0.1, 0.15) is 11.5 Å². The van der Waals surface area contributed by atoms with Crippen LogP contribution in [0.5, 0.6) is 11.5 Å². The van der Waals surface area contributed by atoms with Crippen LogP contribution >= 0.6 is 0 Å². The molecular weight excluding hydrogens is 404 g/mol. The molecule has 2 amide bonds. The molecule has 1 atom stereocenters. The predicted molar refractivity (Wildman–Crippen MR) is 127 cm³/mol. The van der Waals surface area contributed by atoms with E-state index in [1.807, 2.05) is 29.2 Å². The molecule has 0 spiro atoms. The Morgan fingerprint density at radius 3 is 1.97 bits per heavy atom. The fourth-order valence-electron chi connectivity index (χ4n) is 4.59. The van der Waals surface area contributed by atoms with E-state index >= 15 is 0 Å². The van der Waals surface area contributed by atoms with Gasteiger partial charge in [0, 0.05) is 38.4 Å². The number of benzene rings is 2. The van der Waals surface area contributed by atoms with Crippen molar-refractivity contribution >= 4 is 11.7 Å². The molecule has 0 aliphatic carbocycles. The molecule has 2 aliphatic heterocycles. The normalized spacial score (nSPS) is 17.8. The van der Waals surface area contributed by atoms with Crippen LogP contribution in [0.25, 0.3) is 0 Å². The van der Waals surface area contributed by atoms with Gasteiger partial charge >= 0.3 is 6.03 Å². The van der Waals surface area contributed by atoms with Crippen LogP contribution in [0.15, 0.2) is 48.5 Å². The summed E-state index contributed by atoms with van der Waals surface area (Å²) in [6, 6.07) is 16.5. The molecule has 2 aromatic rings. The van der Waals surface area contributed by atoms with E-state index in [1.54, 1.807) is 14.2 Å². The Kier molecular flexibility index (Phi) is 7.37. The summed E-state index contributed by atoms with van der Waals surface area (Å²) in [5, 5.41) is 3.21. The zero-order chi connectivity index (χ0) is 22.3. The molecule has 7 heteroatoms. The molecule has 1 N–H and O–H groups in total. The van der Waals surface area contributed by atoms with Gasteiger partial charge in [-0.2, -0.15) is 0 Å². The second-order valence-corrected chi connectivity index (χ2v) is 8.39. The van der Waals surface area contributed by atoms with Crippen LogP contribution in [0.3, 0.4) is 0 Å². The second kappa shape index (κ2) is 10.6. The van der Waals surface area contributed by atoms with Gasteiger partial charge in [-0.25, -0.2) is 4.79 Å². The van der Waals surface area contributed by atoms with Crippen molar-refractivity contribution in [3.63, 3.8) is 0 Å². The lowest BCUT2D eigenvalue weighted by Gasteiger charge is -2.36. The number of urea groups is 1. The fraction of sp³-hybridized carbons (Fsp3) is 0.480. The summed E-state index contributed by atoms with van der Waals surface area (Å²) in [4.78, 5) is 19.6. The first kappa shape index (κ1) is 22.3. The van der Waals surface area contributed by atoms with Crippen LogP contribution < -0.4 is 19.7 Å². The lowest BCUT2D eigenvalue weighted by molar-refractivity contribution is 0.185.